The number of H-pyrrole nitrogens is 1. The highest BCUT2D eigenvalue weighted by Gasteiger charge is 2.51. The Morgan fingerprint density at radius 3 is 2.40 bits per heavy atom. The van der Waals surface area contributed by atoms with E-state index in [0.29, 0.717) is 11.3 Å². The molecular weight excluding hydrogens is 380 g/mol. The smallest absolute Gasteiger partial charge is 0.348 e. The molecule has 0 atom stereocenters. The summed E-state index contributed by atoms with van der Waals surface area (Å²) in [5.74, 6) is 2.21. The molecule has 154 valence electrons. The number of benzene rings is 1. The molecule has 4 aliphatic rings. The molecule has 1 aromatic carbocycles. The van der Waals surface area contributed by atoms with Crippen LogP contribution in [-0.2, 0) is 4.79 Å². The van der Waals surface area contributed by atoms with Gasteiger partial charge >= 0.3 is 5.69 Å². The molecule has 1 heterocycles. The highest BCUT2D eigenvalue weighted by Crippen LogP contribution is 2.55. The van der Waals surface area contributed by atoms with E-state index in [4.69, 9.17) is 10.00 Å². The van der Waals surface area contributed by atoms with Crippen molar-refractivity contribution in [2.24, 2.45) is 17.8 Å². The van der Waals surface area contributed by atoms with E-state index >= 15 is 0 Å². The minimum Gasteiger partial charge on any atom is -0.467 e. The van der Waals surface area contributed by atoms with Gasteiger partial charge in [-0.25, -0.2) is 4.79 Å². The van der Waals surface area contributed by atoms with E-state index in [1.54, 1.807) is 30.3 Å². The number of amides is 1. The van der Waals surface area contributed by atoms with Gasteiger partial charge in [0.15, 0.2) is 6.61 Å². The van der Waals surface area contributed by atoms with Crippen LogP contribution in [-0.4, -0.2) is 28.0 Å². The normalized spacial score (nSPS) is 28.7. The predicted octanol–water partition coefficient (Wildman–Crippen LogP) is 2.77. The van der Waals surface area contributed by atoms with Crippen LogP contribution in [0.1, 0.15) is 44.1 Å². The molecule has 0 radical (unpaired) electrons. The van der Waals surface area contributed by atoms with Crippen LogP contribution in [0.5, 0.6) is 5.88 Å². The van der Waals surface area contributed by atoms with Crippen molar-refractivity contribution in [1.82, 2.24) is 15.3 Å². The summed E-state index contributed by atoms with van der Waals surface area (Å²) in [6.45, 7) is -0.162. The second kappa shape index (κ2) is 7.28. The molecule has 1 amide bonds. The summed E-state index contributed by atoms with van der Waals surface area (Å²) >= 11 is 0. The monoisotopic (exact) mass is 404 g/mol. The number of aromatic nitrogens is 2. The van der Waals surface area contributed by atoms with Crippen LogP contribution in [0.4, 0.5) is 0 Å². The van der Waals surface area contributed by atoms with Crippen molar-refractivity contribution < 1.29 is 9.53 Å². The van der Waals surface area contributed by atoms with Gasteiger partial charge < -0.3 is 15.0 Å². The first-order chi connectivity index (χ1) is 14.5. The number of carbonyl (C=O) groups excluding carboxylic acids is 1. The van der Waals surface area contributed by atoms with Crippen LogP contribution in [0.3, 0.4) is 0 Å². The van der Waals surface area contributed by atoms with Crippen molar-refractivity contribution in [2.45, 2.75) is 44.1 Å². The fourth-order valence-electron chi connectivity index (χ4n) is 6.12. The third kappa shape index (κ3) is 3.70. The summed E-state index contributed by atoms with van der Waals surface area (Å²) < 4.78 is 5.57. The lowest BCUT2D eigenvalue weighted by atomic mass is 9.53. The van der Waals surface area contributed by atoms with Gasteiger partial charge in [0.1, 0.15) is 0 Å². The molecule has 0 unspecified atom stereocenters. The summed E-state index contributed by atoms with van der Waals surface area (Å²) in [6, 6.07) is 10.5. The molecule has 0 spiro atoms. The fraction of sp³-hybridized carbons (Fsp3) is 0.478. The molecule has 4 saturated carbocycles. The lowest BCUT2D eigenvalue weighted by molar-refractivity contribution is -0.128. The highest BCUT2D eigenvalue weighted by molar-refractivity contribution is 5.78. The van der Waals surface area contributed by atoms with E-state index in [9.17, 15) is 9.59 Å². The zero-order valence-corrected chi connectivity index (χ0v) is 16.7. The summed E-state index contributed by atoms with van der Waals surface area (Å²) in [5, 5.41) is 12.2. The Bertz CT molecular complexity index is 1030. The first kappa shape index (κ1) is 18.9. The Morgan fingerprint density at radius 1 is 1.17 bits per heavy atom. The summed E-state index contributed by atoms with van der Waals surface area (Å²) in [6.07, 6.45) is 7.20. The Labute approximate surface area is 174 Å². The first-order valence-corrected chi connectivity index (χ1v) is 10.6. The maximum atomic E-state index is 12.6. The Kier molecular flexibility index (Phi) is 4.58. The van der Waals surface area contributed by atoms with Gasteiger partial charge in [0, 0.05) is 11.6 Å². The van der Waals surface area contributed by atoms with Gasteiger partial charge in [-0.05, 0) is 74.0 Å². The van der Waals surface area contributed by atoms with Crippen molar-refractivity contribution in [1.29, 1.82) is 5.26 Å². The van der Waals surface area contributed by atoms with Crippen LogP contribution in [0, 0.1) is 29.1 Å². The Hall–Kier alpha value is -3.14. The minimum atomic E-state index is -0.548. The molecule has 1 aromatic heterocycles. The van der Waals surface area contributed by atoms with Crippen LogP contribution < -0.4 is 15.7 Å². The van der Waals surface area contributed by atoms with Crippen molar-refractivity contribution in [3.05, 3.63) is 46.4 Å². The number of nitrogens with one attached hydrogen (secondary N) is 2. The average Bonchev–Trinajstić information content (AvgIpc) is 2.70. The highest BCUT2D eigenvalue weighted by atomic mass is 16.5. The largest absolute Gasteiger partial charge is 0.467 e. The lowest BCUT2D eigenvalue weighted by Gasteiger charge is -2.56. The quantitative estimate of drug-likeness (QED) is 0.797. The molecule has 4 fully saturated rings. The van der Waals surface area contributed by atoms with Gasteiger partial charge in [0.2, 0.25) is 5.88 Å². The maximum absolute atomic E-state index is 12.6. The van der Waals surface area contributed by atoms with Gasteiger partial charge in [0.05, 0.1) is 17.3 Å². The van der Waals surface area contributed by atoms with Crippen molar-refractivity contribution in [3.8, 4) is 23.2 Å². The van der Waals surface area contributed by atoms with E-state index in [2.05, 4.69) is 21.4 Å². The summed E-state index contributed by atoms with van der Waals surface area (Å²) in [5.41, 5.74) is 1.18. The summed E-state index contributed by atoms with van der Waals surface area (Å²) in [7, 11) is 0. The molecule has 4 bridgehead atoms. The zero-order chi connectivity index (χ0) is 20.7. The number of nitrogens with zero attached hydrogens (tertiary/aromatic N) is 2. The van der Waals surface area contributed by atoms with E-state index < -0.39 is 5.69 Å². The molecule has 7 nitrogen and oxygen atoms in total. The van der Waals surface area contributed by atoms with Crippen LogP contribution in [0.25, 0.3) is 11.3 Å². The average molecular weight is 404 g/mol. The number of hydrogen-bond acceptors (Lipinski definition) is 5. The number of rotatable bonds is 5. The number of carbonyl (C=O) groups is 1. The molecule has 30 heavy (non-hydrogen) atoms. The topological polar surface area (TPSA) is 108 Å². The Morgan fingerprint density at radius 2 is 1.80 bits per heavy atom. The van der Waals surface area contributed by atoms with Gasteiger partial charge in [-0.2, -0.15) is 10.2 Å². The third-order valence-electron chi connectivity index (χ3n) is 6.84. The number of nitriles is 1. The first-order valence-electron chi connectivity index (χ1n) is 10.6. The van der Waals surface area contributed by atoms with E-state index in [-0.39, 0.29) is 23.9 Å². The third-order valence-corrected chi connectivity index (χ3v) is 6.84. The summed E-state index contributed by atoms with van der Waals surface area (Å²) in [4.78, 5) is 31.1. The SMILES string of the molecule is N#Cc1ccc(-c2cc(OCC(=O)NC34CC5CC(CC(C5)C3)C4)nc(=O)[nH]2)cc1. The van der Waals surface area contributed by atoms with Gasteiger partial charge in [-0.15, -0.1) is 0 Å². The van der Waals surface area contributed by atoms with Crippen molar-refractivity contribution in [3.63, 3.8) is 0 Å². The van der Waals surface area contributed by atoms with E-state index in [0.717, 1.165) is 42.6 Å². The zero-order valence-electron chi connectivity index (χ0n) is 16.7. The minimum absolute atomic E-state index is 0.0650. The standard InChI is InChI=1S/C23H24N4O3/c24-12-14-1-3-18(4-2-14)19-8-21(26-22(29)25-19)30-13-20(28)27-23-9-15-5-16(10-23)7-17(6-15)11-23/h1-4,8,15-17H,5-7,9-11,13H2,(H,27,28)(H,25,26,29). The van der Waals surface area contributed by atoms with Gasteiger partial charge in [-0.3, -0.25) is 4.79 Å². The Balaban J connectivity index is 1.25. The lowest BCUT2D eigenvalue weighted by Crippen LogP contribution is -2.60. The molecule has 0 aliphatic heterocycles. The second-order valence-electron chi connectivity index (χ2n) is 9.16. The molecule has 4 aliphatic carbocycles. The van der Waals surface area contributed by atoms with Crippen LogP contribution in [0.15, 0.2) is 35.1 Å². The predicted molar refractivity (Wildman–Crippen MR) is 110 cm³/mol. The van der Waals surface area contributed by atoms with Crippen molar-refractivity contribution in [2.75, 3.05) is 6.61 Å². The molecule has 0 saturated heterocycles. The van der Waals surface area contributed by atoms with E-state index in [1.165, 1.54) is 19.3 Å². The molecule has 7 heteroatoms. The van der Waals surface area contributed by atoms with Crippen LogP contribution >= 0.6 is 0 Å². The van der Waals surface area contributed by atoms with Gasteiger partial charge in [0.25, 0.3) is 5.91 Å². The van der Waals surface area contributed by atoms with Crippen LogP contribution in [0.2, 0.25) is 0 Å². The molecule has 2 N–H and O–H groups in total. The number of ether oxygens (including phenoxy) is 1. The van der Waals surface area contributed by atoms with E-state index in [1.807, 2.05) is 0 Å². The number of aromatic amines is 1. The van der Waals surface area contributed by atoms with Crippen molar-refractivity contribution >= 4 is 5.91 Å². The maximum Gasteiger partial charge on any atom is 0.348 e. The molecule has 2 aromatic rings. The number of hydrogen-bond donors (Lipinski definition) is 2. The fourth-order valence-corrected chi connectivity index (χ4v) is 6.12. The molecule has 6 rings (SSSR count). The second-order valence-corrected chi connectivity index (χ2v) is 9.16. The van der Waals surface area contributed by atoms with Gasteiger partial charge in [-0.1, -0.05) is 12.1 Å². The molecular formula is C23H24N4O3.